The van der Waals surface area contributed by atoms with Gasteiger partial charge in [-0.05, 0) is 27.0 Å². The van der Waals surface area contributed by atoms with Crippen molar-refractivity contribution in [1.29, 1.82) is 0 Å². The second kappa shape index (κ2) is 7.10. The van der Waals surface area contributed by atoms with Crippen LogP contribution < -0.4 is 10.2 Å². The van der Waals surface area contributed by atoms with Crippen LogP contribution in [0, 0.1) is 19.7 Å². The summed E-state index contributed by atoms with van der Waals surface area (Å²) < 4.78 is 13.2. The van der Waals surface area contributed by atoms with Gasteiger partial charge in [-0.2, -0.15) is 0 Å². The molecule has 0 radical (unpaired) electrons. The van der Waals surface area contributed by atoms with Gasteiger partial charge in [0.25, 0.3) is 5.91 Å². The summed E-state index contributed by atoms with van der Waals surface area (Å²) in [6.07, 6.45) is 2.38. The van der Waals surface area contributed by atoms with Crippen LogP contribution in [0.1, 0.15) is 21.7 Å². The molecule has 25 heavy (non-hydrogen) atoms. The van der Waals surface area contributed by atoms with Gasteiger partial charge in [0, 0.05) is 32.4 Å². The minimum absolute atomic E-state index is 0.155. The van der Waals surface area contributed by atoms with E-state index in [-0.39, 0.29) is 5.56 Å². The van der Waals surface area contributed by atoms with Gasteiger partial charge in [-0.1, -0.05) is 0 Å². The third kappa shape index (κ3) is 3.90. The molecule has 2 aromatic rings. The number of aromatic nitrogens is 3. The van der Waals surface area contributed by atoms with Gasteiger partial charge in [-0.15, -0.1) is 0 Å². The zero-order valence-corrected chi connectivity index (χ0v) is 14.6. The lowest BCUT2D eigenvalue weighted by molar-refractivity contribution is 0.102. The molecule has 0 aliphatic carbocycles. The van der Waals surface area contributed by atoms with E-state index in [9.17, 15) is 9.18 Å². The highest BCUT2D eigenvalue weighted by atomic mass is 19.1. The van der Waals surface area contributed by atoms with Gasteiger partial charge < -0.3 is 15.1 Å². The van der Waals surface area contributed by atoms with Gasteiger partial charge in [-0.25, -0.2) is 14.4 Å². The maximum atomic E-state index is 13.2. The lowest BCUT2D eigenvalue weighted by Gasteiger charge is -2.32. The van der Waals surface area contributed by atoms with Crippen molar-refractivity contribution in [1.82, 2.24) is 19.9 Å². The molecule has 3 heterocycles. The number of rotatable bonds is 3. The van der Waals surface area contributed by atoms with Gasteiger partial charge in [0.05, 0.1) is 28.8 Å². The van der Waals surface area contributed by atoms with Crippen molar-refractivity contribution in [3.05, 3.63) is 41.2 Å². The summed E-state index contributed by atoms with van der Waals surface area (Å²) in [5, 5.41) is 2.76. The fourth-order valence-corrected chi connectivity index (χ4v) is 2.75. The summed E-state index contributed by atoms with van der Waals surface area (Å²) >= 11 is 0. The number of anilines is 2. The minimum atomic E-state index is -0.553. The first-order valence-electron chi connectivity index (χ1n) is 8.14. The van der Waals surface area contributed by atoms with Gasteiger partial charge in [-0.3, -0.25) is 9.78 Å². The van der Waals surface area contributed by atoms with Crippen LogP contribution in [-0.4, -0.2) is 59.0 Å². The molecule has 1 fully saturated rings. The predicted octanol–water partition coefficient (Wildman–Crippen LogP) is 1.63. The van der Waals surface area contributed by atoms with Crippen molar-refractivity contribution >= 4 is 17.5 Å². The van der Waals surface area contributed by atoms with Crippen molar-refractivity contribution in [3.8, 4) is 0 Å². The number of amides is 1. The molecule has 3 rings (SSSR count). The Hall–Kier alpha value is -2.61. The standard InChI is InChI=1S/C17H21FN6O/c1-11-15(22-16(25)13-8-14(18)10-19-9-13)12(2)21-17(20-11)24-6-4-23(3)5-7-24/h8-10H,4-7H2,1-3H3,(H,22,25). The number of nitrogens with one attached hydrogen (secondary N) is 1. The van der Waals surface area contributed by atoms with E-state index in [4.69, 9.17) is 0 Å². The van der Waals surface area contributed by atoms with Crippen molar-refractivity contribution < 1.29 is 9.18 Å². The van der Waals surface area contributed by atoms with Crippen LogP contribution in [0.3, 0.4) is 0 Å². The number of hydrogen-bond donors (Lipinski definition) is 1. The molecule has 0 atom stereocenters. The van der Waals surface area contributed by atoms with Gasteiger partial charge in [0.1, 0.15) is 5.82 Å². The lowest BCUT2D eigenvalue weighted by Crippen LogP contribution is -2.45. The highest BCUT2D eigenvalue weighted by Crippen LogP contribution is 2.22. The zero-order chi connectivity index (χ0) is 18.0. The number of aryl methyl sites for hydroxylation is 2. The van der Waals surface area contributed by atoms with Crippen LogP contribution in [-0.2, 0) is 0 Å². The van der Waals surface area contributed by atoms with Crippen molar-refractivity contribution in [2.24, 2.45) is 0 Å². The summed E-state index contributed by atoms with van der Waals surface area (Å²) in [6.45, 7) is 7.33. The van der Waals surface area contributed by atoms with E-state index >= 15 is 0 Å². The maximum Gasteiger partial charge on any atom is 0.257 e. The Morgan fingerprint density at radius 3 is 2.36 bits per heavy atom. The zero-order valence-electron chi connectivity index (χ0n) is 14.6. The first-order valence-corrected chi connectivity index (χ1v) is 8.14. The van der Waals surface area contributed by atoms with E-state index in [0.717, 1.165) is 38.4 Å². The molecule has 0 bridgehead atoms. The van der Waals surface area contributed by atoms with E-state index in [2.05, 4.69) is 37.1 Å². The number of piperazine rings is 1. The Labute approximate surface area is 145 Å². The second-order valence-corrected chi connectivity index (χ2v) is 6.21. The van der Waals surface area contributed by atoms with E-state index in [1.165, 1.54) is 6.20 Å². The average molecular weight is 344 g/mol. The number of carbonyl (C=O) groups excluding carboxylic acids is 1. The smallest absolute Gasteiger partial charge is 0.257 e. The molecule has 132 valence electrons. The Morgan fingerprint density at radius 1 is 1.12 bits per heavy atom. The molecular formula is C17H21FN6O. The van der Waals surface area contributed by atoms with Crippen molar-refractivity contribution in [2.45, 2.75) is 13.8 Å². The van der Waals surface area contributed by atoms with Crippen LogP contribution in [0.15, 0.2) is 18.5 Å². The lowest BCUT2D eigenvalue weighted by atomic mass is 10.2. The van der Waals surface area contributed by atoms with E-state index in [0.29, 0.717) is 23.0 Å². The molecule has 0 aromatic carbocycles. The Bertz CT molecular complexity index is 765. The number of carbonyl (C=O) groups is 1. The second-order valence-electron chi connectivity index (χ2n) is 6.21. The highest BCUT2D eigenvalue weighted by Gasteiger charge is 2.19. The molecule has 1 amide bonds. The molecule has 0 saturated carbocycles. The molecule has 8 heteroatoms. The predicted molar refractivity (Wildman–Crippen MR) is 93.4 cm³/mol. The molecule has 0 unspecified atom stereocenters. The summed E-state index contributed by atoms with van der Waals surface area (Å²) in [5.74, 6) is -0.314. The monoisotopic (exact) mass is 344 g/mol. The fraction of sp³-hybridized carbons (Fsp3) is 0.412. The van der Waals surface area contributed by atoms with Crippen molar-refractivity contribution in [3.63, 3.8) is 0 Å². The minimum Gasteiger partial charge on any atom is -0.338 e. The Balaban J connectivity index is 1.79. The fourth-order valence-electron chi connectivity index (χ4n) is 2.75. The van der Waals surface area contributed by atoms with E-state index in [1.807, 2.05) is 13.8 Å². The number of likely N-dealkylation sites (N-methyl/N-ethyl adjacent to an activating group) is 1. The molecule has 7 nitrogen and oxygen atoms in total. The largest absolute Gasteiger partial charge is 0.338 e. The third-order valence-corrected chi connectivity index (χ3v) is 4.25. The third-order valence-electron chi connectivity index (χ3n) is 4.25. The Morgan fingerprint density at radius 2 is 1.76 bits per heavy atom. The quantitative estimate of drug-likeness (QED) is 0.912. The number of halogens is 1. The van der Waals surface area contributed by atoms with Crippen LogP contribution in [0.2, 0.25) is 0 Å². The first-order chi connectivity index (χ1) is 11.9. The van der Waals surface area contributed by atoms with Crippen LogP contribution in [0.5, 0.6) is 0 Å². The van der Waals surface area contributed by atoms with Gasteiger partial charge >= 0.3 is 0 Å². The van der Waals surface area contributed by atoms with E-state index in [1.54, 1.807) is 0 Å². The summed E-state index contributed by atoms with van der Waals surface area (Å²) in [6, 6.07) is 1.15. The van der Waals surface area contributed by atoms with Gasteiger partial charge in [0.2, 0.25) is 5.95 Å². The maximum absolute atomic E-state index is 13.2. The van der Waals surface area contributed by atoms with Crippen LogP contribution in [0.25, 0.3) is 0 Å². The van der Waals surface area contributed by atoms with Gasteiger partial charge in [0.15, 0.2) is 0 Å². The molecule has 0 spiro atoms. The highest BCUT2D eigenvalue weighted by molar-refractivity contribution is 6.04. The summed E-state index contributed by atoms with van der Waals surface area (Å²) in [5.41, 5.74) is 2.06. The van der Waals surface area contributed by atoms with Crippen LogP contribution in [0.4, 0.5) is 16.0 Å². The number of nitrogens with zero attached hydrogens (tertiary/aromatic N) is 5. The average Bonchev–Trinajstić information content (AvgIpc) is 2.58. The number of hydrogen-bond acceptors (Lipinski definition) is 6. The summed E-state index contributed by atoms with van der Waals surface area (Å²) in [4.78, 5) is 29.5. The van der Waals surface area contributed by atoms with Crippen molar-refractivity contribution in [2.75, 3.05) is 43.4 Å². The normalized spacial score (nSPS) is 15.3. The molecular weight excluding hydrogens is 323 g/mol. The first kappa shape index (κ1) is 17.2. The summed E-state index contributed by atoms with van der Waals surface area (Å²) in [7, 11) is 2.09. The molecule has 1 N–H and O–H groups in total. The topological polar surface area (TPSA) is 74.2 Å². The molecule has 1 aliphatic heterocycles. The van der Waals surface area contributed by atoms with Crippen LogP contribution >= 0.6 is 0 Å². The van der Waals surface area contributed by atoms with E-state index < -0.39 is 11.7 Å². The SMILES string of the molecule is Cc1nc(N2CCN(C)CC2)nc(C)c1NC(=O)c1cncc(F)c1. The molecule has 1 aliphatic rings. The molecule has 1 saturated heterocycles. The molecule has 2 aromatic heterocycles. The Kier molecular flexibility index (Phi) is 4.89. The number of pyridine rings is 1.